The molecule has 0 aliphatic carbocycles. The van der Waals surface area contributed by atoms with Crippen LogP contribution in [0.5, 0.6) is 0 Å². The van der Waals surface area contributed by atoms with E-state index in [1.807, 2.05) is 10.9 Å². The average Bonchev–Trinajstić information content (AvgIpc) is 3.25. The maximum absolute atomic E-state index is 10.3. The van der Waals surface area contributed by atoms with Crippen LogP contribution in [0.15, 0.2) is 6.20 Å². The SMILES string of the molecule is O[C@H]1CO[C@H](Cn2cc(CN3CCOCC3)nn2)[C@@H]1NC1CCOCC1. The summed E-state index contributed by atoms with van der Waals surface area (Å²) in [7, 11) is 0. The fourth-order valence-corrected chi connectivity index (χ4v) is 3.87. The lowest BCUT2D eigenvalue weighted by atomic mass is 10.0. The molecule has 1 aromatic rings. The molecule has 0 spiro atoms. The zero-order chi connectivity index (χ0) is 17.8. The first-order chi connectivity index (χ1) is 12.8. The lowest BCUT2D eigenvalue weighted by Crippen LogP contribution is -2.51. The number of aliphatic hydroxyl groups is 1. The van der Waals surface area contributed by atoms with Gasteiger partial charge in [0.1, 0.15) is 0 Å². The van der Waals surface area contributed by atoms with E-state index in [2.05, 4.69) is 20.5 Å². The zero-order valence-corrected chi connectivity index (χ0v) is 15.1. The molecule has 3 atom stereocenters. The number of aromatic nitrogens is 3. The highest BCUT2D eigenvalue weighted by molar-refractivity contribution is 4.96. The van der Waals surface area contributed by atoms with Gasteiger partial charge in [-0.3, -0.25) is 4.90 Å². The molecule has 9 heteroatoms. The molecule has 9 nitrogen and oxygen atoms in total. The van der Waals surface area contributed by atoms with Crippen LogP contribution in [-0.4, -0.2) is 95.4 Å². The highest BCUT2D eigenvalue weighted by atomic mass is 16.5. The van der Waals surface area contributed by atoms with Gasteiger partial charge in [0.15, 0.2) is 0 Å². The van der Waals surface area contributed by atoms with Crippen LogP contribution in [0.4, 0.5) is 0 Å². The first kappa shape index (κ1) is 18.3. The molecule has 4 rings (SSSR count). The predicted molar refractivity (Wildman–Crippen MR) is 92.6 cm³/mol. The van der Waals surface area contributed by atoms with Crippen LogP contribution < -0.4 is 5.32 Å². The number of nitrogens with one attached hydrogen (secondary N) is 1. The van der Waals surface area contributed by atoms with Gasteiger partial charge in [0.2, 0.25) is 0 Å². The first-order valence-corrected chi connectivity index (χ1v) is 9.60. The van der Waals surface area contributed by atoms with Gasteiger partial charge in [-0.25, -0.2) is 4.68 Å². The second-order valence-corrected chi connectivity index (χ2v) is 7.34. The van der Waals surface area contributed by atoms with E-state index in [1.54, 1.807) is 0 Å². The number of aliphatic hydroxyl groups excluding tert-OH is 1. The third kappa shape index (κ3) is 4.59. The summed E-state index contributed by atoms with van der Waals surface area (Å²) in [6, 6.07) is 0.297. The van der Waals surface area contributed by atoms with Gasteiger partial charge in [0.25, 0.3) is 0 Å². The molecular weight excluding hydrogens is 338 g/mol. The molecule has 0 aromatic carbocycles. The van der Waals surface area contributed by atoms with E-state index >= 15 is 0 Å². The largest absolute Gasteiger partial charge is 0.389 e. The van der Waals surface area contributed by atoms with E-state index in [4.69, 9.17) is 14.2 Å². The second kappa shape index (κ2) is 8.73. The average molecular weight is 367 g/mol. The lowest BCUT2D eigenvalue weighted by molar-refractivity contribution is 0.0336. The summed E-state index contributed by atoms with van der Waals surface area (Å²) < 4.78 is 18.4. The van der Waals surface area contributed by atoms with Crippen LogP contribution in [0.25, 0.3) is 0 Å². The predicted octanol–water partition coefficient (Wildman–Crippen LogP) is -0.993. The summed E-state index contributed by atoms with van der Waals surface area (Å²) >= 11 is 0. The summed E-state index contributed by atoms with van der Waals surface area (Å²) in [6.07, 6.45) is 3.34. The van der Waals surface area contributed by atoms with Gasteiger partial charge in [-0.1, -0.05) is 5.21 Å². The third-order valence-electron chi connectivity index (χ3n) is 5.39. The van der Waals surface area contributed by atoms with E-state index in [1.165, 1.54) is 0 Å². The monoisotopic (exact) mass is 367 g/mol. The molecular formula is C17H29N5O4. The van der Waals surface area contributed by atoms with E-state index in [9.17, 15) is 5.11 Å². The Hall–Kier alpha value is -1.10. The minimum Gasteiger partial charge on any atom is -0.389 e. The molecule has 0 unspecified atom stereocenters. The van der Waals surface area contributed by atoms with Crippen molar-refractivity contribution in [2.75, 3.05) is 46.1 Å². The summed E-state index contributed by atoms with van der Waals surface area (Å²) in [4.78, 5) is 2.32. The maximum Gasteiger partial charge on any atom is 0.0967 e. The van der Waals surface area contributed by atoms with E-state index in [-0.39, 0.29) is 12.1 Å². The molecule has 26 heavy (non-hydrogen) atoms. The van der Waals surface area contributed by atoms with Gasteiger partial charge in [0, 0.05) is 45.1 Å². The second-order valence-electron chi connectivity index (χ2n) is 7.34. The molecule has 4 heterocycles. The fourth-order valence-electron chi connectivity index (χ4n) is 3.87. The Bertz CT molecular complexity index is 559. The standard InChI is InChI=1S/C17H29N5O4/c23-15-12-26-16(17(15)18-13-1-5-24-6-2-13)11-22-10-14(19-20-22)9-21-3-7-25-8-4-21/h10,13,15-18,23H,1-9,11-12H2/t15-,16+,17+/m0/s1. The van der Waals surface area contributed by atoms with Crippen LogP contribution in [-0.2, 0) is 27.3 Å². The highest BCUT2D eigenvalue weighted by Gasteiger charge is 2.38. The van der Waals surface area contributed by atoms with Crippen molar-refractivity contribution in [1.29, 1.82) is 0 Å². The van der Waals surface area contributed by atoms with Crippen molar-refractivity contribution in [2.24, 2.45) is 0 Å². The van der Waals surface area contributed by atoms with Crippen molar-refractivity contribution in [3.63, 3.8) is 0 Å². The van der Waals surface area contributed by atoms with Gasteiger partial charge in [-0.2, -0.15) is 0 Å². The number of nitrogens with zero attached hydrogens (tertiary/aromatic N) is 4. The summed E-state index contributed by atoms with van der Waals surface area (Å²) in [5.41, 5.74) is 0.958. The molecule has 3 aliphatic rings. The van der Waals surface area contributed by atoms with Crippen molar-refractivity contribution in [3.8, 4) is 0 Å². The van der Waals surface area contributed by atoms with Crippen molar-refractivity contribution in [3.05, 3.63) is 11.9 Å². The van der Waals surface area contributed by atoms with E-state index in [0.717, 1.165) is 64.6 Å². The quantitative estimate of drug-likeness (QED) is 0.662. The van der Waals surface area contributed by atoms with Gasteiger partial charge in [-0.15, -0.1) is 5.10 Å². The Morgan fingerprint density at radius 3 is 2.73 bits per heavy atom. The molecule has 0 bridgehead atoms. The molecule has 3 fully saturated rings. The van der Waals surface area contributed by atoms with Gasteiger partial charge in [-0.05, 0) is 12.8 Å². The Balaban J connectivity index is 1.32. The van der Waals surface area contributed by atoms with E-state index < -0.39 is 6.10 Å². The number of rotatable bonds is 6. The summed E-state index contributed by atoms with van der Waals surface area (Å²) in [5, 5.41) is 22.4. The van der Waals surface area contributed by atoms with Crippen LogP contribution in [0.3, 0.4) is 0 Å². The topological polar surface area (TPSA) is 93.9 Å². The molecule has 1 aromatic heterocycles. The molecule has 3 aliphatic heterocycles. The number of hydrogen-bond acceptors (Lipinski definition) is 8. The Morgan fingerprint density at radius 1 is 1.15 bits per heavy atom. The van der Waals surface area contributed by atoms with Crippen molar-refractivity contribution in [1.82, 2.24) is 25.2 Å². The maximum atomic E-state index is 10.3. The van der Waals surface area contributed by atoms with E-state index in [0.29, 0.717) is 19.2 Å². The minimum absolute atomic E-state index is 0.0787. The fraction of sp³-hybridized carbons (Fsp3) is 0.882. The lowest BCUT2D eigenvalue weighted by Gasteiger charge is -2.30. The Labute approximate surface area is 153 Å². The zero-order valence-electron chi connectivity index (χ0n) is 15.1. The number of ether oxygens (including phenoxy) is 3. The summed E-state index contributed by atoms with van der Waals surface area (Å²) in [5.74, 6) is 0. The Kier molecular flexibility index (Phi) is 6.13. The summed E-state index contributed by atoms with van der Waals surface area (Å²) in [6.45, 7) is 6.73. The van der Waals surface area contributed by atoms with Crippen LogP contribution in [0.1, 0.15) is 18.5 Å². The number of hydrogen-bond donors (Lipinski definition) is 2. The van der Waals surface area contributed by atoms with Crippen LogP contribution in [0.2, 0.25) is 0 Å². The molecule has 3 saturated heterocycles. The van der Waals surface area contributed by atoms with Crippen molar-refractivity contribution < 1.29 is 19.3 Å². The highest BCUT2D eigenvalue weighted by Crippen LogP contribution is 2.19. The van der Waals surface area contributed by atoms with Gasteiger partial charge in [0.05, 0.1) is 50.3 Å². The van der Waals surface area contributed by atoms with Crippen molar-refractivity contribution in [2.45, 2.75) is 50.2 Å². The molecule has 0 amide bonds. The van der Waals surface area contributed by atoms with Crippen molar-refractivity contribution >= 4 is 0 Å². The molecule has 2 N–H and O–H groups in total. The smallest absolute Gasteiger partial charge is 0.0967 e. The van der Waals surface area contributed by atoms with Gasteiger partial charge >= 0.3 is 0 Å². The third-order valence-corrected chi connectivity index (χ3v) is 5.39. The molecule has 0 radical (unpaired) electrons. The molecule has 0 saturated carbocycles. The molecule has 146 valence electrons. The van der Waals surface area contributed by atoms with Crippen LogP contribution in [0, 0.1) is 0 Å². The first-order valence-electron chi connectivity index (χ1n) is 9.60. The van der Waals surface area contributed by atoms with Gasteiger partial charge < -0.3 is 24.6 Å². The number of morpholine rings is 1. The van der Waals surface area contributed by atoms with Crippen LogP contribution >= 0.6 is 0 Å². The minimum atomic E-state index is -0.487. The normalized spacial score (nSPS) is 31.5. The Morgan fingerprint density at radius 2 is 1.92 bits per heavy atom.